The van der Waals surface area contributed by atoms with Crippen LogP contribution >= 0.6 is 7.82 Å². The number of rotatable bonds is 44. The van der Waals surface area contributed by atoms with Crippen molar-refractivity contribution >= 4 is 25.7 Å². The highest BCUT2D eigenvalue weighted by molar-refractivity contribution is 7.47. The van der Waals surface area contributed by atoms with Crippen molar-refractivity contribution in [3.63, 3.8) is 0 Å². The van der Waals surface area contributed by atoms with Gasteiger partial charge in [-0.05, 0) is 83.5 Å². The third kappa shape index (κ3) is 43.6. The molecule has 4 N–H and O–H groups in total. The van der Waals surface area contributed by atoms with Crippen molar-refractivity contribution in [2.45, 2.75) is 212 Å². The number of aliphatic carboxylic acids is 1. The summed E-state index contributed by atoms with van der Waals surface area (Å²) in [5.74, 6) is -2.42. The predicted molar refractivity (Wildman–Crippen MR) is 249 cm³/mol. The van der Waals surface area contributed by atoms with Gasteiger partial charge in [0, 0.05) is 12.8 Å². The first-order chi connectivity index (χ1) is 29.6. The maximum absolute atomic E-state index is 12.3. The summed E-state index contributed by atoms with van der Waals surface area (Å²) in [5, 5.41) is 21.9. The summed E-state index contributed by atoms with van der Waals surface area (Å²) < 4.78 is 26.9. The van der Waals surface area contributed by atoms with Crippen molar-refractivity contribution in [3.05, 3.63) is 60.8 Å². The molecule has 3 atom stereocenters. The maximum atomic E-state index is 12.3. The Morgan fingerprint density at radius 2 is 0.902 bits per heavy atom. The van der Waals surface area contributed by atoms with Gasteiger partial charge in [-0.2, -0.15) is 0 Å². The van der Waals surface area contributed by atoms with Crippen molar-refractivity contribution in [2.24, 2.45) is 0 Å². The van der Waals surface area contributed by atoms with Crippen LogP contribution < -0.4 is 5.32 Å². The van der Waals surface area contributed by atoms with Crippen LogP contribution in [0.3, 0.4) is 0 Å². The van der Waals surface area contributed by atoms with Crippen LogP contribution in [0.1, 0.15) is 200 Å². The van der Waals surface area contributed by atoms with Crippen LogP contribution in [0.15, 0.2) is 60.8 Å². The number of carbonyl (C=O) groups is 3. The first-order valence-electron chi connectivity index (χ1n) is 23.8. The van der Waals surface area contributed by atoms with E-state index >= 15 is 0 Å². The third-order valence-electron chi connectivity index (χ3n) is 10.0. The van der Waals surface area contributed by atoms with Crippen LogP contribution in [-0.2, 0) is 32.7 Å². The molecule has 61 heavy (non-hydrogen) atoms. The second kappa shape index (κ2) is 43.8. The van der Waals surface area contributed by atoms with E-state index in [0.717, 1.165) is 64.2 Å². The van der Waals surface area contributed by atoms with E-state index in [2.05, 4.69) is 79.9 Å². The maximum Gasteiger partial charge on any atom is 0.472 e. The second-order valence-corrected chi connectivity index (χ2v) is 17.4. The molecule has 0 aromatic heterocycles. The number of carboxylic acids is 1. The first kappa shape index (κ1) is 58.2. The summed E-state index contributed by atoms with van der Waals surface area (Å²) >= 11 is 0. The zero-order valence-corrected chi connectivity index (χ0v) is 39.1. The number of aliphatic hydroxyl groups is 1. The topological polar surface area (TPSA) is 169 Å². The zero-order chi connectivity index (χ0) is 44.9. The monoisotopic (exact) mass is 880 g/mol. The van der Waals surface area contributed by atoms with Crippen LogP contribution in [0.2, 0.25) is 0 Å². The lowest BCUT2D eigenvalue weighted by Gasteiger charge is -2.18. The summed E-state index contributed by atoms with van der Waals surface area (Å²) in [6.45, 7) is 2.54. The van der Waals surface area contributed by atoms with E-state index in [0.29, 0.717) is 12.8 Å². The van der Waals surface area contributed by atoms with E-state index in [1.54, 1.807) is 0 Å². The molecule has 0 bridgehead atoms. The number of esters is 1. The standard InChI is InChI=1S/C49H86NO10P/c1-3-5-7-9-11-13-15-17-19-21-23-24-26-28-30-32-34-36-38-40-47(52)50-46(49(54)55)44-60-61(56,57)59-43-45(51)42-58-48(53)41-39-37-35-33-31-29-27-25-22-20-18-16-14-12-10-8-6-4-2/h11,13,17,19-20,22-24,28,30,45-46,51H,3-10,12,14-16,18,21,25-27,29,31-44H2,1-2H3,(H,50,52)(H,54,55)(H,56,57)/b13-11-,19-17-,22-20-,24-23-,30-28-. The molecule has 0 aliphatic carbocycles. The molecule has 0 aliphatic heterocycles. The van der Waals surface area contributed by atoms with Crippen LogP contribution in [0.4, 0.5) is 0 Å². The first-order valence-corrected chi connectivity index (χ1v) is 25.3. The van der Waals surface area contributed by atoms with Crippen LogP contribution in [0, 0.1) is 0 Å². The fraction of sp³-hybridized carbons (Fsp3) is 0.735. The summed E-state index contributed by atoms with van der Waals surface area (Å²) in [6, 6.07) is -1.57. The Bertz CT molecular complexity index is 1260. The number of unbranched alkanes of at least 4 members (excludes halogenated alkanes) is 20. The molecule has 352 valence electrons. The molecule has 0 fully saturated rings. The number of nitrogens with one attached hydrogen (secondary N) is 1. The number of ether oxygens (including phenoxy) is 1. The van der Waals surface area contributed by atoms with Gasteiger partial charge in [0.05, 0.1) is 13.2 Å². The Morgan fingerprint density at radius 3 is 1.41 bits per heavy atom. The molecule has 0 aliphatic rings. The van der Waals surface area contributed by atoms with Gasteiger partial charge in [-0.1, -0.05) is 164 Å². The Labute approximate surface area is 370 Å². The molecule has 0 spiro atoms. The van der Waals surface area contributed by atoms with Gasteiger partial charge in [0.2, 0.25) is 5.91 Å². The van der Waals surface area contributed by atoms with E-state index in [9.17, 15) is 34.1 Å². The van der Waals surface area contributed by atoms with Gasteiger partial charge in [0.25, 0.3) is 0 Å². The minimum Gasteiger partial charge on any atom is -0.480 e. The molecular formula is C49H86NO10P. The van der Waals surface area contributed by atoms with E-state index < -0.39 is 57.6 Å². The van der Waals surface area contributed by atoms with Crippen molar-refractivity contribution in [1.29, 1.82) is 0 Å². The second-order valence-electron chi connectivity index (χ2n) is 15.9. The Hall–Kier alpha value is -2.82. The number of phosphoric ester groups is 1. The number of aliphatic hydroxyl groups excluding tert-OH is 1. The van der Waals surface area contributed by atoms with Crippen molar-refractivity contribution in [3.8, 4) is 0 Å². The molecular weight excluding hydrogens is 794 g/mol. The largest absolute Gasteiger partial charge is 0.480 e. The number of hydrogen-bond acceptors (Lipinski definition) is 8. The van der Waals surface area contributed by atoms with Gasteiger partial charge in [-0.3, -0.25) is 18.6 Å². The van der Waals surface area contributed by atoms with Gasteiger partial charge in [-0.15, -0.1) is 0 Å². The molecule has 0 saturated carbocycles. The van der Waals surface area contributed by atoms with E-state index in [4.69, 9.17) is 13.8 Å². The minimum atomic E-state index is -4.77. The molecule has 0 saturated heterocycles. The average molecular weight is 880 g/mol. The number of hydrogen-bond donors (Lipinski definition) is 4. The molecule has 0 aromatic carbocycles. The van der Waals surface area contributed by atoms with E-state index in [1.807, 2.05) is 0 Å². The SMILES string of the molecule is CCCCC/C=C\C/C=C\C/C=C\C/C=C\CCCCCC(=O)NC(COP(=O)(O)OCC(O)COC(=O)CCCCCCCCC/C=C\CCCCCCCCC)C(=O)O. The van der Waals surface area contributed by atoms with Crippen molar-refractivity contribution in [1.82, 2.24) is 5.32 Å². The van der Waals surface area contributed by atoms with E-state index in [1.165, 1.54) is 96.3 Å². The quantitative estimate of drug-likeness (QED) is 0.0200. The normalized spacial score (nSPS) is 14.2. The number of allylic oxidation sites excluding steroid dienone is 10. The van der Waals surface area contributed by atoms with E-state index in [-0.39, 0.29) is 12.8 Å². The molecule has 11 nitrogen and oxygen atoms in total. The summed E-state index contributed by atoms with van der Waals surface area (Å²) in [7, 11) is -4.77. The van der Waals surface area contributed by atoms with Gasteiger partial charge < -0.3 is 25.2 Å². The fourth-order valence-corrected chi connectivity index (χ4v) is 7.07. The number of carboxylic acid groups (broad SMARTS) is 1. The lowest BCUT2D eigenvalue weighted by molar-refractivity contribution is -0.147. The minimum absolute atomic E-state index is 0.105. The summed E-state index contributed by atoms with van der Waals surface area (Å²) in [6.07, 6.45) is 51.0. The highest BCUT2D eigenvalue weighted by Crippen LogP contribution is 2.43. The lowest BCUT2D eigenvalue weighted by Crippen LogP contribution is -2.43. The summed E-state index contributed by atoms with van der Waals surface area (Å²) in [5.41, 5.74) is 0. The van der Waals surface area contributed by atoms with Crippen LogP contribution in [-0.4, -0.2) is 64.9 Å². The highest BCUT2D eigenvalue weighted by Gasteiger charge is 2.28. The van der Waals surface area contributed by atoms with Crippen molar-refractivity contribution < 1.29 is 47.8 Å². The predicted octanol–water partition coefficient (Wildman–Crippen LogP) is 12.7. The smallest absolute Gasteiger partial charge is 0.472 e. The molecule has 12 heteroatoms. The van der Waals surface area contributed by atoms with Gasteiger partial charge >= 0.3 is 19.8 Å². The van der Waals surface area contributed by atoms with Crippen LogP contribution in [0.25, 0.3) is 0 Å². The number of carbonyl (C=O) groups excluding carboxylic acids is 2. The Kier molecular flexibility index (Phi) is 41.8. The Morgan fingerprint density at radius 1 is 0.525 bits per heavy atom. The highest BCUT2D eigenvalue weighted by atomic mass is 31.2. The average Bonchev–Trinajstić information content (AvgIpc) is 3.24. The Balaban J connectivity index is 3.94. The molecule has 1 amide bonds. The zero-order valence-electron chi connectivity index (χ0n) is 38.2. The molecule has 0 aromatic rings. The molecule has 0 rings (SSSR count). The lowest BCUT2D eigenvalue weighted by atomic mass is 10.1. The number of phosphoric acid groups is 1. The molecule has 0 heterocycles. The van der Waals surface area contributed by atoms with Gasteiger partial charge in [-0.25, -0.2) is 9.36 Å². The fourth-order valence-electron chi connectivity index (χ4n) is 6.29. The third-order valence-corrected chi connectivity index (χ3v) is 11.0. The van der Waals surface area contributed by atoms with Crippen LogP contribution in [0.5, 0.6) is 0 Å². The van der Waals surface area contributed by atoms with Gasteiger partial charge in [0.15, 0.2) is 6.04 Å². The molecule has 3 unspecified atom stereocenters. The van der Waals surface area contributed by atoms with Crippen molar-refractivity contribution in [2.75, 3.05) is 19.8 Å². The number of amides is 1. The molecule has 0 radical (unpaired) electrons. The van der Waals surface area contributed by atoms with Gasteiger partial charge in [0.1, 0.15) is 12.7 Å². The summed E-state index contributed by atoms with van der Waals surface area (Å²) in [4.78, 5) is 46.0.